The molecular weight excluding hydrogens is 416 g/mol. The summed E-state index contributed by atoms with van der Waals surface area (Å²) in [4.78, 5) is 31.5. The second-order valence-electron chi connectivity index (χ2n) is 7.67. The predicted octanol–water partition coefficient (Wildman–Crippen LogP) is 4.19. The molecule has 1 aliphatic rings. The molecule has 0 saturated carbocycles. The number of anilines is 1. The van der Waals surface area contributed by atoms with E-state index in [4.69, 9.17) is 9.26 Å². The number of carbonyl (C=O) groups is 2. The van der Waals surface area contributed by atoms with Crippen molar-refractivity contribution in [3.05, 3.63) is 58.2 Å². The number of carbonyl (C=O) groups excluding carboxylic acids is 2. The first-order valence-corrected chi connectivity index (χ1v) is 11.1. The van der Waals surface area contributed by atoms with E-state index in [9.17, 15) is 9.59 Å². The van der Waals surface area contributed by atoms with Gasteiger partial charge in [0.15, 0.2) is 5.82 Å². The number of rotatable bonds is 6. The Morgan fingerprint density at radius 2 is 1.94 bits per heavy atom. The normalized spacial score (nSPS) is 14.6. The van der Waals surface area contributed by atoms with E-state index >= 15 is 0 Å². The minimum Gasteiger partial charge on any atom is -0.491 e. The maximum atomic E-state index is 12.8. The third-order valence-electron chi connectivity index (χ3n) is 5.04. The zero-order chi connectivity index (χ0) is 21.8. The van der Waals surface area contributed by atoms with Crippen molar-refractivity contribution in [1.29, 1.82) is 0 Å². The van der Waals surface area contributed by atoms with E-state index in [-0.39, 0.29) is 23.8 Å². The fraction of sp³-hybridized carbons (Fsp3) is 0.364. The maximum Gasteiger partial charge on any atom is 0.276 e. The van der Waals surface area contributed by atoms with Crippen LogP contribution in [0.3, 0.4) is 0 Å². The molecule has 1 fully saturated rings. The smallest absolute Gasteiger partial charge is 0.276 e. The van der Waals surface area contributed by atoms with Crippen LogP contribution in [0.25, 0.3) is 0 Å². The van der Waals surface area contributed by atoms with Gasteiger partial charge in [0.2, 0.25) is 0 Å². The Balaban J connectivity index is 1.32. The topological polar surface area (TPSA) is 97.6 Å². The van der Waals surface area contributed by atoms with Crippen LogP contribution in [0, 0.1) is 0 Å². The van der Waals surface area contributed by atoms with E-state index < -0.39 is 0 Å². The number of nitrogens with zero attached hydrogens (tertiary/aromatic N) is 3. The van der Waals surface area contributed by atoms with E-state index in [0.717, 1.165) is 23.6 Å². The maximum absolute atomic E-state index is 12.8. The Bertz CT molecular complexity index is 1020. The van der Waals surface area contributed by atoms with Crippen molar-refractivity contribution < 1.29 is 18.8 Å². The molecule has 8 nitrogen and oxygen atoms in total. The number of hydrogen-bond acceptors (Lipinski definition) is 7. The quantitative estimate of drug-likeness (QED) is 0.617. The molecule has 1 aliphatic heterocycles. The number of piperidine rings is 1. The average molecular weight is 441 g/mol. The summed E-state index contributed by atoms with van der Waals surface area (Å²) in [5, 5.41) is 8.99. The average Bonchev–Trinajstić information content (AvgIpc) is 3.46. The Labute approximate surface area is 184 Å². The number of thiazole rings is 1. The highest BCUT2D eigenvalue weighted by Crippen LogP contribution is 2.31. The molecule has 2 amide bonds. The summed E-state index contributed by atoms with van der Waals surface area (Å²) in [6.45, 7) is 5.26. The number of hydrogen-bond donors (Lipinski definition) is 1. The molecule has 0 bridgehead atoms. The molecule has 1 aromatic carbocycles. The Hall–Kier alpha value is -3.20. The molecule has 9 heteroatoms. The zero-order valence-corrected chi connectivity index (χ0v) is 18.2. The summed E-state index contributed by atoms with van der Waals surface area (Å²) in [5.74, 6) is 1.08. The molecule has 0 radical (unpaired) electrons. The van der Waals surface area contributed by atoms with Crippen LogP contribution in [-0.2, 0) is 0 Å². The van der Waals surface area contributed by atoms with Crippen LogP contribution < -0.4 is 10.1 Å². The molecule has 0 unspecified atom stereocenters. The number of benzene rings is 1. The third kappa shape index (κ3) is 5.11. The summed E-state index contributed by atoms with van der Waals surface area (Å²) in [5.41, 5.74) is 1.03. The lowest BCUT2D eigenvalue weighted by atomic mass is 9.97. The van der Waals surface area contributed by atoms with E-state index in [1.54, 1.807) is 11.4 Å². The highest BCUT2D eigenvalue weighted by molar-refractivity contribution is 7.10. The summed E-state index contributed by atoms with van der Waals surface area (Å²) in [6.07, 6.45) is 3.13. The second kappa shape index (κ2) is 9.30. The molecular formula is C22H24N4O4S. The lowest BCUT2D eigenvalue weighted by Crippen LogP contribution is -2.37. The van der Waals surface area contributed by atoms with E-state index in [0.29, 0.717) is 30.2 Å². The molecule has 0 aliphatic carbocycles. The van der Waals surface area contributed by atoms with Gasteiger partial charge in [-0.1, -0.05) is 5.16 Å². The minimum absolute atomic E-state index is 0.0290. The minimum atomic E-state index is -0.311. The summed E-state index contributed by atoms with van der Waals surface area (Å²) >= 11 is 1.48. The number of ether oxygens (including phenoxy) is 1. The SMILES string of the molecule is CC(C)Oc1ccc(C(=O)N2CCC(c3nc(C(=O)Nc4ccon4)cs3)CC2)cc1. The molecule has 1 N–H and O–H groups in total. The number of likely N-dealkylation sites (tertiary alicyclic amines) is 1. The summed E-state index contributed by atoms with van der Waals surface area (Å²) in [7, 11) is 0. The third-order valence-corrected chi connectivity index (χ3v) is 6.05. The van der Waals surface area contributed by atoms with Gasteiger partial charge < -0.3 is 19.5 Å². The van der Waals surface area contributed by atoms with E-state index in [1.165, 1.54) is 17.6 Å². The second-order valence-corrected chi connectivity index (χ2v) is 8.56. The highest BCUT2D eigenvalue weighted by Gasteiger charge is 2.27. The lowest BCUT2D eigenvalue weighted by Gasteiger charge is -2.31. The van der Waals surface area contributed by atoms with Crippen LogP contribution in [0.2, 0.25) is 0 Å². The van der Waals surface area contributed by atoms with Gasteiger partial charge in [-0.15, -0.1) is 11.3 Å². The first-order chi connectivity index (χ1) is 15.0. The van der Waals surface area contributed by atoms with Gasteiger partial charge in [0.1, 0.15) is 17.7 Å². The molecule has 0 atom stereocenters. The molecule has 3 heterocycles. The lowest BCUT2D eigenvalue weighted by molar-refractivity contribution is 0.0713. The van der Waals surface area contributed by atoms with Gasteiger partial charge in [-0.3, -0.25) is 9.59 Å². The Morgan fingerprint density at radius 3 is 2.58 bits per heavy atom. The number of nitrogens with one attached hydrogen (secondary N) is 1. The van der Waals surface area contributed by atoms with Crippen LogP contribution >= 0.6 is 11.3 Å². The molecule has 4 rings (SSSR count). The molecule has 2 aromatic heterocycles. The van der Waals surface area contributed by atoms with Crippen LogP contribution in [-0.4, -0.2) is 46.0 Å². The molecule has 0 spiro atoms. The highest BCUT2D eigenvalue weighted by atomic mass is 32.1. The van der Waals surface area contributed by atoms with Gasteiger partial charge in [0, 0.05) is 36.0 Å². The Kier molecular flexibility index (Phi) is 6.31. The zero-order valence-electron chi connectivity index (χ0n) is 17.4. The first kappa shape index (κ1) is 21.0. The van der Waals surface area contributed by atoms with Gasteiger partial charge in [-0.2, -0.15) is 0 Å². The molecule has 162 valence electrons. The molecule has 31 heavy (non-hydrogen) atoms. The van der Waals surface area contributed by atoms with Crippen molar-refractivity contribution >= 4 is 29.0 Å². The predicted molar refractivity (Wildman–Crippen MR) is 117 cm³/mol. The summed E-state index contributed by atoms with van der Waals surface area (Å²) < 4.78 is 10.4. The van der Waals surface area contributed by atoms with Gasteiger partial charge >= 0.3 is 0 Å². The van der Waals surface area contributed by atoms with Crippen molar-refractivity contribution in [2.24, 2.45) is 0 Å². The monoisotopic (exact) mass is 440 g/mol. The first-order valence-electron chi connectivity index (χ1n) is 10.2. The van der Waals surface area contributed by atoms with Crippen LogP contribution in [0.4, 0.5) is 5.82 Å². The van der Waals surface area contributed by atoms with E-state index in [1.807, 2.05) is 43.0 Å². The van der Waals surface area contributed by atoms with Crippen LogP contribution in [0.5, 0.6) is 5.75 Å². The van der Waals surface area contributed by atoms with Gasteiger partial charge in [0.25, 0.3) is 11.8 Å². The van der Waals surface area contributed by atoms with Crippen LogP contribution in [0.1, 0.15) is 58.5 Å². The largest absolute Gasteiger partial charge is 0.491 e. The van der Waals surface area contributed by atoms with Crippen molar-refractivity contribution in [1.82, 2.24) is 15.0 Å². The van der Waals surface area contributed by atoms with Crippen LogP contribution in [0.15, 0.2) is 46.5 Å². The Morgan fingerprint density at radius 1 is 1.19 bits per heavy atom. The van der Waals surface area contributed by atoms with Crippen molar-refractivity contribution in [2.75, 3.05) is 18.4 Å². The summed E-state index contributed by atoms with van der Waals surface area (Å²) in [6, 6.07) is 8.87. The molecule has 3 aromatic rings. The molecule has 1 saturated heterocycles. The standard InChI is InChI=1S/C22H24N4O4S/c1-14(2)30-17-5-3-16(4-6-17)22(28)26-10-7-15(8-11-26)21-23-18(13-31-21)20(27)24-19-9-12-29-25-19/h3-6,9,12-15H,7-8,10-11H2,1-2H3,(H,24,25,27). The fourth-order valence-corrected chi connectivity index (χ4v) is 4.47. The van der Waals surface area contributed by atoms with Crippen molar-refractivity contribution in [2.45, 2.75) is 38.7 Å². The van der Waals surface area contributed by atoms with E-state index in [2.05, 4.69) is 15.5 Å². The van der Waals surface area contributed by atoms with Crippen molar-refractivity contribution in [3.8, 4) is 5.75 Å². The van der Waals surface area contributed by atoms with Gasteiger partial charge in [-0.05, 0) is 51.0 Å². The number of amides is 2. The van der Waals surface area contributed by atoms with Crippen molar-refractivity contribution in [3.63, 3.8) is 0 Å². The fourth-order valence-electron chi connectivity index (χ4n) is 3.50. The van der Waals surface area contributed by atoms with Gasteiger partial charge in [0.05, 0.1) is 11.1 Å². The number of aromatic nitrogens is 2. The van der Waals surface area contributed by atoms with Gasteiger partial charge in [-0.25, -0.2) is 4.98 Å².